The third-order valence-corrected chi connectivity index (χ3v) is 6.36. The number of benzene rings is 2. The van der Waals surface area contributed by atoms with E-state index in [2.05, 4.69) is 21.2 Å². The number of thioether (sulfide) groups is 1. The minimum atomic E-state index is -0.559. The fourth-order valence-corrected chi connectivity index (χ4v) is 4.46. The van der Waals surface area contributed by atoms with Gasteiger partial charge in [0.05, 0.1) is 5.75 Å². The molecule has 2 amide bonds. The van der Waals surface area contributed by atoms with Crippen molar-refractivity contribution in [1.82, 2.24) is 10.2 Å². The lowest BCUT2D eigenvalue weighted by Gasteiger charge is -2.29. The van der Waals surface area contributed by atoms with Crippen LogP contribution in [0.1, 0.15) is 31.9 Å². The molecule has 0 aliphatic carbocycles. The Labute approximate surface area is 196 Å². The van der Waals surface area contributed by atoms with E-state index in [0.717, 1.165) is 15.6 Å². The van der Waals surface area contributed by atoms with E-state index >= 15 is 0 Å². The summed E-state index contributed by atoms with van der Waals surface area (Å²) in [6, 6.07) is 14.9. The van der Waals surface area contributed by atoms with Crippen molar-refractivity contribution in [3.8, 4) is 0 Å². The number of hydrogen-bond acceptors (Lipinski definition) is 3. The van der Waals surface area contributed by atoms with Gasteiger partial charge in [0.2, 0.25) is 11.8 Å². The summed E-state index contributed by atoms with van der Waals surface area (Å²) in [6.07, 6.45) is 0. The van der Waals surface area contributed by atoms with Crippen LogP contribution in [0.15, 0.2) is 53.0 Å². The first-order valence-electron chi connectivity index (χ1n) is 9.90. The summed E-state index contributed by atoms with van der Waals surface area (Å²) >= 11 is 11.2. The Hall–Kier alpha value is -1.50. The lowest BCUT2D eigenvalue weighted by molar-refractivity contribution is -0.138. The minimum absolute atomic E-state index is 0.0702. The smallest absolute Gasteiger partial charge is 0.242 e. The van der Waals surface area contributed by atoms with Gasteiger partial charge in [0.25, 0.3) is 0 Å². The van der Waals surface area contributed by atoms with E-state index in [4.69, 9.17) is 11.6 Å². The Morgan fingerprint density at radius 3 is 2.53 bits per heavy atom. The molecule has 4 nitrogen and oxygen atoms in total. The highest BCUT2D eigenvalue weighted by Crippen LogP contribution is 2.22. The van der Waals surface area contributed by atoms with Crippen molar-refractivity contribution in [2.45, 2.75) is 39.1 Å². The normalized spacial score (nSPS) is 11.9. The van der Waals surface area contributed by atoms with Gasteiger partial charge in [-0.2, -0.15) is 0 Å². The number of amides is 2. The quantitative estimate of drug-likeness (QED) is 0.456. The highest BCUT2D eigenvalue weighted by Gasteiger charge is 2.26. The first-order chi connectivity index (χ1) is 14.3. The van der Waals surface area contributed by atoms with Gasteiger partial charge < -0.3 is 10.2 Å². The van der Waals surface area contributed by atoms with E-state index in [9.17, 15) is 9.59 Å². The zero-order chi connectivity index (χ0) is 22.1. The number of nitrogens with one attached hydrogen (secondary N) is 1. The Morgan fingerprint density at radius 1 is 1.13 bits per heavy atom. The zero-order valence-corrected chi connectivity index (χ0v) is 20.7. The fraction of sp³-hybridized carbons (Fsp3) is 0.391. The monoisotopic (exact) mass is 510 g/mol. The molecule has 7 heteroatoms. The van der Waals surface area contributed by atoms with Gasteiger partial charge in [0.15, 0.2) is 0 Å². The van der Waals surface area contributed by atoms with Crippen LogP contribution < -0.4 is 5.32 Å². The summed E-state index contributed by atoms with van der Waals surface area (Å²) in [5.74, 6) is 1.06. The summed E-state index contributed by atoms with van der Waals surface area (Å²) in [5, 5.41) is 3.64. The highest BCUT2D eigenvalue weighted by molar-refractivity contribution is 9.10. The van der Waals surface area contributed by atoms with Gasteiger partial charge in [-0.15, -0.1) is 11.8 Å². The van der Waals surface area contributed by atoms with E-state index < -0.39 is 6.04 Å². The predicted octanol–water partition coefficient (Wildman–Crippen LogP) is 5.53. The average Bonchev–Trinajstić information content (AvgIpc) is 2.71. The Balaban J connectivity index is 2.07. The number of carbonyl (C=O) groups is 2. The van der Waals surface area contributed by atoms with Crippen molar-refractivity contribution in [2.75, 3.05) is 12.3 Å². The van der Waals surface area contributed by atoms with Crippen molar-refractivity contribution in [1.29, 1.82) is 0 Å². The van der Waals surface area contributed by atoms with Crippen molar-refractivity contribution >= 4 is 51.1 Å². The van der Waals surface area contributed by atoms with Gasteiger partial charge >= 0.3 is 0 Å². The molecule has 0 unspecified atom stereocenters. The lowest BCUT2D eigenvalue weighted by Crippen LogP contribution is -2.48. The molecule has 0 spiro atoms. The predicted molar refractivity (Wildman–Crippen MR) is 130 cm³/mol. The van der Waals surface area contributed by atoms with E-state index in [-0.39, 0.29) is 17.6 Å². The first kappa shape index (κ1) is 24.8. The number of hydrogen-bond donors (Lipinski definition) is 1. The van der Waals surface area contributed by atoms with Gasteiger partial charge in [0.1, 0.15) is 6.04 Å². The lowest BCUT2D eigenvalue weighted by atomic mass is 10.1. The van der Waals surface area contributed by atoms with Crippen molar-refractivity contribution in [3.63, 3.8) is 0 Å². The summed E-state index contributed by atoms with van der Waals surface area (Å²) in [5.41, 5.74) is 1.97. The summed E-state index contributed by atoms with van der Waals surface area (Å²) < 4.78 is 0.942. The van der Waals surface area contributed by atoms with Crippen LogP contribution in [-0.4, -0.2) is 35.1 Å². The Kier molecular flexibility index (Phi) is 10.2. The maximum Gasteiger partial charge on any atom is 0.242 e. The van der Waals surface area contributed by atoms with Crippen LogP contribution in [0.3, 0.4) is 0 Å². The Morgan fingerprint density at radius 2 is 1.87 bits per heavy atom. The molecular weight excluding hydrogens is 484 g/mol. The summed E-state index contributed by atoms with van der Waals surface area (Å²) in [7, 11) is 0. The molecule has 30 heavy (non-hydrogen) atoms. The second-order valence-corrected chi connectivity index (χ2v) is 9.86. The van der Waals surface area contributed by atoms with Gasteiger partial charge in [-0.05, 0) is 42.2 Å². The number of rotatable bonds is 10. The molecule has 0 aliphatic rings. The maximum atomic E-state index is 13.1. The molecule has 0 heterocycles. The second-order valence-electron chi connectivity index (χ2n) is 7.55. The largest absolute Gasteiger partial charge is 0.354 e. The van der Waals surface area contributed by atoms with Crippen molar-refractivity contribution in [3.05, 3.63) is 69.2 Å². The Bertz CT molecular complexity index is 863. The molecule has 0 saturated carbocycles. The molecule has 0 aromatic heterocycles. The summed E-state index contributed by atoms with van der Waals surface area (Å²) in [6.45, 7) is 6.83. The number of nitrogens with zero attached hydrogens (tertiary/aromatic N) is 1. The van der Waals surface area contributed by atoms with Crippen LogP contribution in [-0.2, 0) is 21.9 Å². The van der Waals surface area contributed by atoms with Crippen LogP contribution in [0.5, 0.6) is 0 Å². The molecule has 2 aromatic rings. The van der Waals surface area contributed by atoms with Gasteiger partial charge in [0, 0.05) is 28.3 Å². The second kappa shape index (κ2) is 12.4. The molecule has 0 radical (unpaired) electrons. The number of carbonyl (C=O) groups excluding carboxylic acids is 2. The molecule has 2 aromatic carbocycles. The van der Waals surface area contributed by atoms with Crippen molar-refractivity contribution in [2.24, 2.45) is 5.92 Å². The molecule has 0 fully saturated rings. The SMILES string of the molecule is CC(C)CNC(=O)[C@@H](C)N(Cc1cccc(Br)c1)C(=O)CSCc1ccccc1Cl. The molecule has 1 atom stereocenters. The van der Waals surface area contributed by atoms with Crippen LogP contribution in [0.4, 0.5) is 0 Å². The van der Waals surface area contributed by atoms with E-state index in [1.165, 1.54) is 11.8 Å². The fourth-order valence-electron chi connectivity index (χ4n) is 2.81. The zero-order valence-electron chi connectivity index (χ0n) is 17.5. The van der Waals surface area contributed by atoms with E-state index in [1.54, 1.807) is 11.8 Å². The van der Waals surface area contributed by atoms with E-state index in [1.807, 2.05) is 62.4 Å². The standard InChI is InChI=1S/C23H28BrClN2O2S/c1-16(2)12-26-23(29)17(3)27(13-18-7-6-9-20(24)11-18)22(28)15-30-14-19-8-4-5-10-21(19)25/h4-11,16-17H,12-15H2,1-3H3,(H,26,29)/t17-/m1/s1. The van der Waals surface area contributed by atoms with Crippen molar-refractivity contribution < 1.29 is 9.59 Å². The molecule has 1 N–H and O–H groups in total. The number of halogens is 2. The van der Waals surface area contributed by atoms with Gasteiger partial charge in [-0.25, -0.2) is 0 Å². The van der Waals surface area contributed by atoms with Crippen LogP contribution in [0, 0.1) is 5.92 Å². The topological polar surface area (TPSA) is 49.4 Å². The minimum Gasteiger partial charge on any atom is -0.354 e. The van der Waals surface area contributed by atoms with Crippen LogP contribution >= 0.6 is 39.3 Å². The van der Waals surface area contributed by atoms with Gasteiger partial charge in [-0.1, -0.05) is 71.7 Å². The van der Waals surface area contributed by atoms with E-state index in [0.29, 0.717) is 29.8 Å². The molecule has 2 rings (SSSR count). The average molecular weight is 512 g/mol. The highest BCUT2D eigenvalue weighted by atomic mass is 79.9. The molecule has 162 valence electrons. The van der Waals surface area contributed by atoms with Crippen LogP contribution in [0.25, 0.3) is 0 Å². The third-order valence-electron chi connectivity index (χ3n) is 4.53. The van der Waals surface area contributed by atoms with Gasteiger partial charge in [-0.3, -0.25) is 9.59 Å². The third kappa shape index (κ3) is 7.97. The molecular formula is C23H28BrClN2O2S. The maximum absolute atomic E-state index is 13.1. The molecule has 0 aliphatic heterocycles. The van der Waals surface area contributed by atoms with Crippen LogP contribution in [0.2, 0.25) is 5.02 Å². The molecule has 0 saturated heterocycles. The summed E-state index contributed by atoms with van der Waals surface area (Å²) in [4.78, 5) is 27.4. The first-order valence-corrected chi connectivity index (χ1v) is 12.2. The molecule has 0 bridgehead atoms.